The zero-order valence-corrected chi connectivity index (χ0v) is 15.0. The summed E-state index contributed by atoms with van der Waals surface area (Å²) in [6.45, 7) is 2.04. The van der Waals surface area contributed by atoms with Crippen LogP contribution in [0.1, 0.15) is 23.1 Å². The van der Waals surface area contributed by atoms with Crippen LogP contribution in [0.5, 0.6) is 0 Å². The number of nitrogens with one attached hydrogen (secondary N) is 2. The Morgan fingerprint density at radius 2 is 2.04 bits per heavy atom. The van der Waals surface area contributed by atoms with Gasteiger partial charge in [-0.1, -0.05) is 42.0 Å². The van der Waals surface area contributed by atoms with Crippen molar-refractivity contribution in [1.82, 2.24) is 10.3 Å². The molecule has 27 heavy (non-hydrogen) atoms. The first-order chi connectivity index (χ1) is 13.1. The third-order valence-corrected chi connectivity index (χ3v) is 4.90. The summed E-state index contributed by atoms with van der Waals surface area (Å²) in [6.07, 6.45) is 3.02. The minimum atomic E-state index is -0.982. The van der Waals surface area contributed by atoms with Crippen molar-refractivity contribution in [2.24, 2.45) is 0 Å². The fourth-order valence-electron chi connectivity index (χ4n) is 3.50. The fraction of sp³-hybridized carbons (Fsp3) is 0.238. The summed E-state index contributed by atoms with van der Waals surface area (Å²) >= 11 is 0. The maximum Gasteiger partial charge on any atom is 0.404 e. The maximum atomic E-state index is 11.0. The lowest BCUT2D eigenvalue weighted by molar-refractivity contribution is 0.188. The molecule has 0 spiro atoms. The van der Waals surface area contributed by atoms with Gasteiger partial charge in [-0.2, -0.15) is 0 Å². The molecule has 3 N–H and O–H groups in total. The van der Waals surface area contributed by atoms with E-state index in [4.69, 9.17) is 9.52 Å². The number of hydrogen-bond acceptors (Lipinski definition) is 4. The Labute approximate surface area is 157 Å². The molecular formula is C21H21N3O3. The van der Waals surface area contributed by atoms with E-state index in [0.717, 1.165) is 29.7 Å². The van der Waals surface area contributed by atoms with E-state index in [9.17, 15) is 4.79 Å². The van der Waals surface area contributed by atoms with Crippen molar-refractivity contribution in [2.75, 3.05) is 5.32 Å². The average molecular weight is 363 g/mol. The maximum absolute atomic E-state index is 11.0. The highest BCUT2D eigenvalue weighted by Crippen LogP contribution is 2.31. The van der Waals surface area contributed by atoms with E-state index in [2.05, 4.69) is 21.7 Å². The van der Waals surface area contributed by atoms with E-state index in [1.165, 1.54) is 11.1 Å². The predicted octanol–water partition coefficient (Wildman–Crippen LogP) is 4.52. The number of rotatable bonds is 4. The van der Waals surface area contributed by atoms with Gasteiger partial charge >= 0.3 is 6.09 Å². The molecule has 0 aliphatic heterocycles. The molecule has 0 bridgehead atoms. The Kier molecular flexibility index (Phi) is 4.54. The van der Waals surface area contributed by atoms with Crippen LogP contribution in [0.15, 0.2) is 53.1 Å². The monoisotopic (exact) mass is 363 g/mol. The van der Waals surface area contributed by atoms with Gasteiger partial charge in [0.2, 0.25) is 0 Å². The van der Waals surface area contributed by atoms with Crippen LogP contribution in [-0.2, 0) is 12.8 Å². The number of hydrogen-bond donors (Lipinski definition) is 3. The van der Waals surface area contributed by atoms with E-state index >= 15 is 0 Å². The molecule has 3 aromatic rings. The Bertz CT molecular complexity index is 963. The van der Waals surface area contributed by atoms with Crippen LogP contribution >= 0.6 is 0 Å². The fourth-order valence-corrected chi connectivity index (χ4v) is 3.50. The van der Waals surface area contributed by atoms with Crippen LogP contribution < -0.4 is 10.6 Å². The van der Waals surface area contributed by atoms with Crippen molar-refractivity contribution in [3.8, 4) is 11.3 Å². The molecule has 2 aromatic carbocycles. The van der Waals surface area contributed by atoms with Gasteiger partial charge in [0.1, 0.15) is 0 Å². The van der Waals surface area contributed by atoms with E-state index < -0.39 is 6.09 Å². The number of amides is 1. The summed E-state index contributed by atoms with van der Waals surface area (Å²) in [5.41, 5.74) is 5.41. The van der Waals surface area contributed by atoms with Crippen molar-refractivity contribution in [1.29, 1.82) is 0 Å². The molecule has 138 valence electrons. The van der Waals surface area contributed by atoms with Gasteiger partial charge in [0, 0.05) is 17.3 Å². The summed E-state index contributed by atoms with van der Waals surface area (Å²) in [6, 6.07) is 14.5. The molecule has 1 aromatic heterocycles. The quantitative estimate of drug-likeness (QED) is 0.634. The number of carboxylic acid groups (broad SMARTS) is 1. The Morgan fingerprint density at radius 3 is 2.81 bits per heavy atom. The van der Waals surface area contributed by atoms with Gasteiger partial charge in [0.25, 0.3) is 6.01 Å². The van der Waals surface area contributed by atoms with Gasteiger partial charge in [-0.25, -0.2) is 9.78 Å². The number of benzene rings is 2. The molecule has 1 heterocycles. The highest BCUT2D eigenvalue weighted by molar-refractivity contribution is 5.66. The molecule has 1 aliphatic rings. The number of fused-ring (bicyclic) bond motifs is 1. The summed E-state index contributed by atoms with van der Waals surface area (Å²) in [5, 5.41) is 14.8. The summed E-state index contributed by atoms with van der Waals surface area (Å²) < 4.78 is 5.86. The van der Waals surface area contributed by atoms with Gasteiger partial charge < -0.3 is 20.2 Å². The van der Waals surface area contributed by atoms with Crippen LogP contribution in [0.2, 0.25) is 0 Å². The molecule has 0 fully saturated rings. The molecular weight excluding hydrogens is 342 g/mol. The van der Waals surface area contributed by atoms with Crippen LogP contribution in [0, 0.1) is 6.92 Å². The lowest BCUT2D eigenvalue weighted by Crippen LogP contribution is -2.38. The van der Waals surface area contributed by atoms with Crippen molar-refractivity contribution in [2.45, 2.75) is 32.2 Å². The zero-order valence-electron chi connectivity index (χ0n) is 15.0. The molecule has 6 nitrogen and oxygen atoms in total. The predicted molar refractivity (Wildman–Crippen MR) is 103 cm³/mol. The van der Waals surface area contributed by atoms with Crippen molar-refractivity contribution in [3.05, 3.63) is 65.4 Å². The van der Waals surface area contributed by atoms with Crippen LogP contribution in [-0.4, -0.2) is 22.2 Å². The highest BCUT2D eigenvalue weighted by Gasteiger charge is 2.22. The molecule has 6 heteroatoms. The van der Waals surface area contributed by atoms with Gasteiger partial charge in [-0.15, -0.1) is 0 Å². The smallest absolute Gasteiger partial charge is 0.404 e. The lowest BCUT2D eigenvalue weighted by atomic mass is 9.87. The van der Waals surface area contributed by atoms with Gasteiger partial charge in [0.05, 0.1) is 6.20 Å². The Hall–Kier alpha value is -3.28. The van der Waals surface area contributed by atoms with E-state index in [0.29, 0.717) is 18.2 Å². The van der Waals surface area contributed by atoms with Gasteiger partial charge in [-0.05, 0) is 43.4 Å². The molecule has 0 saturated carbocycles. The number of aryl methyl sites for hydroxylation is 2. The highest BCUT2D eigenvalue weighted by atomic mass is 16.4. The number of carbonyl (C=O) groups is 1. The lowest BCUT2D eigenvalue weighted by Gasteiger charge is -2.26. The molecule has 0 saturated heterocycles. The molecule has 1 unspecified atom stereocenters. The van der Waals surface area contributed by atoms with Gasteiger partial charge in [0.15, 0.2) is 5.76 Å². The Balaban J connectivity index is 1.55. The zero-order chi connectivity index (χ0) is 18.8. The SMILES string of the molecule is Cc1ccc(-c2cnc(Nc3cccc4c3CC(NC(=O)O)CC4)o2)cc1. The number of oxazole rings is 1. The Morgan fingerprint density at radius 1 is 1.22 bits per heavy atom. The third-order valence-electron chi connectivity index (χ3n) is 4.90. The summed E-state index contributed by atoms with van der Waals surface area (Å²) in [4.78, 5) is 15.3. The topological polar surface area (TPSA) is 87.4 Å². The van der Waals surface area contributed by atoms with E-state index in [1.54, 1.807) is 6.20 Å². The van der Waals surface area contributed by atoms with Crippen LogP contribution in [0.3, 0.4) is 0 Å². The van der Waals surface area contributed by atoms with Gasteiger partial charge in [-0.3, -0.25) is 0 Å². The van der Waals surface area contributed by atoms with Crippen LogP contribution in [0.25, 0.3) is 11.3 Å². The number of nitrogens with zero attached hydrogens (tertiary/aromatic N) is 1. The molecule has 0 radical (unpaired) electrons. The van der Waals surface area contributed by atoms with E-state index in [-0.39, 0.29) is 6.04 Å². The molecule has 1 amide bonds. The van der Waals surface area contributed by atoms with Crippen molar-refractivity contribution in [3.63, 3.8) is 0 Å². The standard InChI is InChI=1S/C21H21N3O3/c1-13-5-7-15(8-6-13)19-12-22-20(27-19)24-18-4-2-3-14-9-10-16(11-17(14)18)23-21(25)26/h2-8,12,16,23H,9-11H2,1H3,(H,22,24)(H,25,26). The largest absolute Gasteiger partial charge is 0.465 e. The van der Waals surface area contributed by atoms with E-state index in [1.807, 2.05) is 43.3 Å². The van der Waals surface area contributed by atoms with Crippen LogP contribution in [0.4, 0.5) is 16.5 Å². The first kappa shape index (κ1) is 17.1. The van der Waals surface area contributed by atoms with Crippen molar-refractivity contribution < 1.29 is 14.3 Å². The first-order valence-electron chi connectivity index (χ1n) is 8.98. The third kappa shape index (κ3) is 3.79. The molecule has 4 rings (SSSR count). The van der Waals surface area contributed by atoms with Crippen molar-refractivity contribution >= 4 is 17.8 Å². The molecule has 1 atom stereocenters. The normalized spacial score (nSPS) is 15.8. The number of aromatic nitrogens is 1. The second kappa shape index (κ2) is 7.15. The minimum Gasteiger partial charge on any atom is -0.465 e. The minimum absolute atomic E-state index is 0.0781. The first-order valence-corrected chi connectivity index (χ1v) is 8.98. The second-order valence-corrected chi connectivity index (χ2v) is 6.85. The average Bonchev–Trinajstić information content (AvgIpc) is 3.11. The molecule has 1 aliphatic carbocycles. The second-order valence-electron chi connectivity index (χ2n) is 6.85. The summed E-state index contributed by atoms with van der Waals surface area (Å²) in [5.74, 6) is 0.702. The summed E-state index contributed by atoms with van der Waals surface area (Å²) in [7, 11) is 0. The number of anilines is 2.